The Morgan fingerprint density at radius 1 is 1.64 bits per heavy atom. The van der Waals surface area contributed by atoms with Crippen LogP contribution >= 0.6 is 11.6 Å². The van der Waals surface area contributed by atoms with Crippen LogP contribution < -0.4 is 5.32 Å². The van der Waals surface area contributed by atoms with Crippen LogP contribution in [0.1, 0.15) is 5.56 Å². The zero-order valence-corrected chi connectivity index (χ0v) is 6.47. The summed E-state index contributed by atoms with van der Waals surface area (Å²) in [6.45, 7) is 0.501. The van der Waals surface area contributed by atoms with Gasteiger partial charge in [0.1, 0.15) is 5.15 Å². The molecule has 0 fully saturated rings. The molecule has 0 saturated carbocycles. The van der Waals surface area contributed by atoms with Crippen molar-refractivity contribution >= 4 is 11.6 Å². The molecule has 1 N–H and O–H groups in total. The average Bonchev–Trinajstić information content (AvgIpc) is 2.04. The summed E-state index contributed by atoms with van der Waals surface area (Å²) in [4.78, 5) is 3.85. The Labute approximate surface area is 69.6 Å². The van der Waals surface area contributed by atoms with Crippen molar-refractivity contribution < 1.29 is 0 Å². The number of nitriles is 1. The summed E-state index contributed by atoms with van der Waals surface area (Å²) >= 11 is 5.55. The molecule has 0 atom stereocenters. The number of aromatic nitrogens is 1. The minimum Gasteiger partial charge on any atom is -0.319 e. The molecule has 0 radical (unpaired) electrons. The molecule has 0 amide bonds. The van der Waals surface area contributed by atoms with E-state index in [4.69, 9.17) is 16.9 Å². The minimum absolute atomic E-state index is 0.464. The number of hydrogen-bond acceptors (Lipinski definition) is 3. The maximum Gasteiger partial charge on any atom is 0.176 e. The third kappa shape index (κ3) is 2.44. The first kappa shape index (κ1) is 7.83. The zero-order valence-electron chi connectivity index (χ0n) is 5.71. The van der Waals surface area contributed by atoms with Crippen LogP contribution in [0.15, 0.2) is 18.3 Å². The molecule has 56 valence electrons. The Bertz CT molecular complexity index is 262. The molecule has 0 aliphatic heterocycles. The third-order valence-corrected chi connectivity index (χ3v) is 1.38. The van der Waals surface area contributed by atoms with Gasteiger partial charge in [0, 0.05) is 6.20 Å². The van der Waals surface area contributed by atoms with E-state index in [9.17, 15) is 0 Å². The van der Waals surface area contributed by atoms with Gasteiger partial charge in [0.15, 0.2) is 6.19 Å². The minimum atomic E-state index is 0.464. The first-order valence-corrected chi connectivity index (χ1v) is 3.43. The van der Waals surface area contributed by atoms with Crippen molar-refractivity contribution in [3.8, 4) is 6.19 Å². The maximum atomic E-state index is 8.17. The van der Waals surface area contributed by atoms with Gasteiger partial charge in [-0.15, -0.1) is 0 Å². The lowest BCUT2D eigenvalue weighted by Crippen LogP contribution is -2.04. The van der Waals surface area contributed by atoms with E-state index in [2.05, 4.69) is 10.3 Å². The van der Waals surface area contributed by atoms with Crippen molar-refractivity contribution in [2.75, 3.05) is 0 Å². The molecule has 0 aromatic carbocycles. The van der Waals surface area contributed by atoms with E-state index in [1.165, 1.54) is 0 Å². The smallest absolute Gasteiger partial charge is 0.176 e. The van der Waals surface area contributed by atoms with Crippen molar-refractivity contribution in [3.63, 3.8) is 0 Å². The SMILES string of the molecule is N#CNCc1ccc(Cl)nc1. The van der Waals surface area contributed by atoms with Gasteiger partial charge in [-0.3, -0.25) is 0 Å². The molecule has 11 heavy (non-hydrogen) atoms. The van der Waals surface area contributed by atoms with Gasteiger partial charge in [-0.25, -0.2) is 4.98 Å². The summed E-state index contributed by atoms with van der Waals surface area (Å²) in [5.74, 6) is 0. The quantitative estimate of drug-likeness (QED) is 0.411. The highest BCUT2D eigenvalue weighted by molar-refractivity contribution is 6.29. The summed E-state index contributed by atoms with van der Waals surface area (Å²) in [7, 11) is 0. The lowest BCUT2D eigenvalue weighted by molar-refractivity contribution is 0.877. The van der Waals surface area contributed by atoms with Gasteiger partial charge in [0.25, 0.3) is 0 Å². The lowest BCUT2D eigenvalue weighted by Gasteiger charge is -1.96. The van der Waals surface area contributed by atoms with Crippen LogP contribution in [0, 0.1) is 11.5 Å². The van der Waals surface area contributed by atoms with Crippen LogP contribution in [-0.4, -0.2) is 4.98 Å². The largest absolute Gasteiger partial charge is 0.319 e. The number of halogens is 1. The molecule has 0 bridgehead atoms. The summed E-state index contributed by atoms with van der Waals surface area (Å²) < 4.78 is 0. The Kier molecular flexibility index (Phi) is 2.70. The number of nitrogens with one attached hydrogen (secondary N) is 1. The van der Waals surface area contributed by atoms with Gasteiger partial charge >= 0.3 is 0 Å². The van der Waals surface area contributed by atoms with Crippen molar-refractivity contribution in [2.45, 2.75) is 6.54 Å². The zero-order chi connectivity index (χ0) is 8.10. The highest BCUT2D eigenvalue weighted by atomic mass is 35.5. The van der Waals surface area contributed by atoms with Crippen LogP contribution in [0.5, 0.6) is 0 Å². The molecule has 1 aromatic heterocycles. The second-order valence-corrected chi connectivity index (χ2v) is 2.34. The van der Waals surface area contributed by atoms with Crippen LogP contribution in [-0.2, 0) is 6.54 Å². The predicted octanol–water partition coefficient (Wildman–Crippen LogP) is 1.31. The van der Waals surface area contributed by atoms with E-state index in [-0.39, 0.29) is 0 Å². The highest BCUT2D eigenvalue weighted by Crippen LogP contribution is 2.04. The topological polar surface area (TPSA) is 48.7 Å². The Hall–Kier alpha value is -1.27. The second kappa shape index (κ2) is 3.79. The van der Waals surface area contributed by atoms with Crippen molar-refractivity contribution in [1.29, 1.82) is 5.26 Å². The summed E-state index contributed by atoms with van der Waals surface area (Å²) in [6.07, 6.45) is 3.45. The summed E-state index contributed by atoms with van der Waals surface area (Å²) in [6, 6.07) is 3.51. The van der Waals surface area contributed by atoms with E-state index >= 15 is 0 Å². The van der Waals surface area contributed by atoms with Gasteiger partial charge in [-0.1, -0.05) is 17.7 Å². The Balaban J connectivity index is 2.60. The average molecular weight is 168 g/mol. The van der Waals surface area contributed by atoms with Gasteiger partial charge in [0.2, 0.25) is 0 Å². The predicted molar refractivity (Wildman–Crippen MR) is 41.7 cm³/mol. The van der Waals surface area contributed by atoms with Crippen molar-refractivity contribution in [3.05, 3.63) is 29.0 Å². The molecular weight excluding hydrogens is 162 g/mol. The Morgan fingerprint density at radius 2 is 2.45 bits per heavy atom. The molecule has 0 aliphatic carbocycles. The normalized spacial score (nSPS) is 8.73. The summed E-state index contributed by atoms with van der Waals surface area (Å²) in [5, 5.41) is 11.1. The van der Waals surface area contributed by atoms with Gasteiger partial charge in [-0.05, 0) is 11.6 Å². The fourth-order valence-corrected chi connectivity index (χ4v) is 0.764. The lowest BCUT2D eigenvalue weighted by atomic mass is 10.3. The van der Waals surface area contributed by atoms with E-state index in [0.717, 1.165) is 5.56 Å². The third-order valence-electron chi connectivity index (χ3n) is 1.16. The molecule has 4 heteroatoms. The van der Waals surface area contributed by atoms with Crippen molar-refractivity contribution in [2.24, 2.45) is 0 Å². The molecular formula is C7H6ClN3. The molecule has 1 rings (SSSR count). The number of hydrogen-bond donors (Lipinski definition) is 1. The highest BCUT2D eigenvalue weighted by Gasteiger charge is 1.91. The van der Waals surface area contributed by atoms with E-state index < -0.39 is 0 Å². The van der Waals surface area contributed by atoms with Crippen molar-refractivity contribution in [1.82, 2.24) is 10.3 Å². The first-order chi connectivity index (χ1) is 5.33. The summed E-state index contributed by atoms with van der Waals surface area (Å²) in [5.41, 5.74) is 0.941. The Morgan fingerprint density at radius 3 is 3.00 bits per heavy atom. The van der Waals surface area contributed by atoms with Gasteiger partial charge < -0.3 is 5.32 Å². The molecule has 1 aromatic rings. The molecule has 0 unspecified atom stereocenters. The molecule has 0 spiro atoms. The van der Waals surface area contributed by atoms with Crippen LogP contribution in [0.2, 0.25) is 5.15 Å². The fraction of sp³-hybridized carbons (Fsp3) is 0.143. The number of pyridine rings is 1. The van der Waals surface area contributed by atoms with Gasteiger partial charge in [0.05, 0.1) is 6.54 Å². The second-order valence-electron chi connectivity index (χ2n) is 1.95. The monoisotopic (exact) mass is 167 g/mol. The molecule has 0 aliphatic rings. The van der Waals surface area contributed by atoms with Crippen LogP contribution in [0.3, 0.4) is 0 Å². The van der Waals surface area contributed by atoms with E-state index in [1.807, 2.05) is 12.3 Å². The molecule has 1 heterocycles. The number of rotatable bonds is 2. The first-order valence-electron chi connectivity index (χ1n) is 3.05. The van der Waals surface area contributed by atoms with Crippen LogP contribution in [0.4, 0.5) is 0 Å². The standard InChI is InChI=1S/C7H6ClN3/c8-7-2-1-6(4-11-7)3-10-5-9/h1-2,4,10H,3H2. The van der Waals surface area contributed by atoms with E-state index in [1.54, 1.807) is 12.3 Å². The van der Waals surface area contributed by atoms with E-state index in [0.29, 0.717) is 11.7 Å². The maximum absolute atomic E-state index is 8.17. The van der Waals surface area contributed by atoms with Gasteiger partial charge in [-0.2, -0.15) is 5.26 Å². The van der Waals surface area contributed by atoms with Crippen LogP contribution in [0.25, 0.3) is 0 Å². The molecule has 3 nitrogen and oxygen atoms in total. The number of nitrogens with zero attached hydrogens (tertiary/aromatic N) is 2. The molecule has 0 saturated heterocycles. The fourth-order valence-electron chi connectivity index (χ4n) is 0.653.